The average Bonchev–Trinajstić information content (AvgIpc) is 2.92. The number of rotatable bonds is 2. The van der Waals surface area contributed by atoms with Crippen LogP contribution in [-0.2, 0) is 4.74 Å². The maximum absolute atomic E-state index is 13.1. The molecule has 25 heavy (non-hydrogen) atoms. The number of hydrogen-bond donors (Lipinski definition) is 1. The molecule has 4 rings (SSSR count). The van der Waals surface area contributed by atoms with Gasteiger partial charge in [0.2, 0.25) is 0 Å². The van der Waals surface area contributed by atoms with Crippen LogP contribution >= 0.6 is 0 Å². The highest BCUT2D eigenvalue weighted by atomic mass is 16.5. The van der Waals surface area contributed by atoms with Crippen molar-refractivity contribution in [3.05, 3.63) is 41.6 Å². The molecule has 3 heterocycles. The first kappa shape index (κ1) is 16.3. The first-order chi connectivity index (χ1) is 12.1. The predicted molar refractivity (Wildman–Crippen MR) is 95.4 cm³/mol. The van der Waals surface area contributed by atoms with E-state index in [0.717, 1.165) is 37.5 Å². The minimum Gasteiger partial charge on any atom is -0.379 e. The Morgan fingerprint density at radius 3 is 2.80 bits per heavy atom. The number of likely N-dealkylation sites (N-methyl/N-ethyl adjacent to an activating group) is 1. The molecule has 132 valence electrons. The fraction of sp³-hybridized carbons (Fsp3) is 0.474. The maximum Gasteiger partial charge on any atom is 0.272 e. The van der Waals surface area contributed by atoms with Crippen LogP contribution < -0.4 is 0 Å². The molecule has 1 N–H and O–H groups in total. The molecule has 2 aromatic rings. The molecule has 6 nitrogen and oxygen atoms in total. The van der Waals surface area contributed by atoms with Crippen LogP contribution in [0.2, 0.25) is 0 Å². The first-order valence-corrected chi connectivity index (χ1v) is 8.80. The van der Waals surface area contributed by atoms with Gasteiger partial charge in [0.1, 0.15) is 5.69 Å². The number of amides is 1. The summed E-state index contributed by atoms with van der Waals surface area (Å²) in [7, 11) is 2.12. The summed E-state index contributed by atoms with van der Waals surface area (Å²) in [6.45, 7) is 5.94. The number of aryl methyl sites for hydroxylation is 1. The summed E-state index contributed by atoms with van der Waals surface area (Å²) >= 11 is 0. The number of hydrogen-bond acceptors (Lipinski definition) is 4. The van der Waals surface area contributed by atoms with Crippen LogP contribution in [0.5, 0.6) is 0 Å². The molecular weight excluding hydrogens is 316 g/mol. The van der Waals surface area contributed by atoms with E-state index >= 15 is 0 Å². The van der Waals surface area contributed by atoms with Crippen LogP contribution in [0.15, 0.2) is 30.3 Å². The minimum absolute atomic E-state index is 0.0154. The van der Waals surface area contributed by atoms with Gasteiger partial charge in [0.25, 0.3) is 5.91 Å². The molecule has 1 aromatic carbocycles. The van der Waals surface area contributed by atoms with Crippen LogP contribution in [0.25, 0.3) is 11.3 Å². The molecule has 2 aliphatic heterocycles. The average molecular weight is 340 g/mol. The van der Waals surface area contributed by atoms with Crippen molar-refractivity contribution in [2.75, 3.05) is 39.9 Å². The lowest BCUT2D eigenvalue weighted by molar-refractivity contribution is 0.0480. The van der Waals surface area contributed by atoms with Crippen molar-refractivity contribution in [3.63, 3.8) is 0 Å². The summed E-state index contributed by atoms with van der Waals surface area (Å²) in [4.78, 5) is 17.3. The van der Waals surface area contributed by atoms with Crippen LogP contribution in [0.3, 0.4) is 0 Å². The molecular formula is C19H24N4O2. The largest absolute Gasteiger partial charge is 0.379 e. The Morgan fingerprint density at radius 2 is 2.00 bits per heavy atom. The number of benzene rings is 1. The van der Waals surface area contributed by atoms with Gasteiger partial charge in [-0.25, -0.2) is 0 Å². The third-order valence-electron chi connectivity index (χ3n) is 5.07. The highest BCUT2D eigenvalue weighted by Crippen LogP contribution is 2.23. The van der Waals surface area contributed by atoms with Crippen molar-refractivity contribution in [1.29, 1.82) is 0 Å². The molecule has 1 aromatic heterocycles. The zero-order chi connectivity index (χ0) is 17.4. The molecule has 0 spiro atoms. The van der Waals surface area contributed by atoms with Crippen LogP contribution in [0.1, 0.15) is 16.1 Å². The second-order valence-corrected chi connectivity index (χ2v) is 7.27. The van der Waals surface area contributed by atoms with Gasteiger partial charge >= 0.3 is 0 Å². The molecule has 0 aliphatic carbocycles. The minimum atomic E-state index is 0.0154. The topological polar surface area (TPSA) is 61.5 Å². The summed E-state index contributed by atoms with van der Waals surface area (Å²) < 4.78 is 5.77. The zero-order valence-corrected chi connectivity index (χ0v) is 14.7. The quantitative estimate of drug-likeness (QED) is 0.905. The van der Waals surface area contributed by atoms with E-state index in [1.165, 1.54) is 5.56 Å². The van der Waals surface area contributed by atoms with Crippen molar-refractivity contribution in [2.45, 2.75) is 13.0 Å². The summed E-state index contributed by atoms with van der Waals surface area (Å²) in [5, 5.41) is 7.27. The third-order valence-corrected chi connectivity index (χ3v) is 5.07. The van der Waals surface area contributed by atoms with E-state index < -0.39 is 0 Å². The Bertz CT molecular complexity index is 755. The van der Waals surface area contributed by atoms with E-state index in [4.69, 9.17) is 4.74 Å². The molecule has 2 fully saturated rings. The predicted octanol–water partition coefficient (Wildman–Crippen LogP) is 1.79. The van der Waals surface area contributed by atoms with Gasteiger partial charge in [-0.3, -0.25) is 9.89 Å². The van der Waals surface area contributed by atoms with Gasteiger partial charge < -0.3 is 14.5 Å². The molecule has 0 unspecified atom stereocenters. The van der Waals surface area contributed by atoms with Gasteiger partial charge in [-0.15, -0.1) is 0 Å². The smallest absolute Gasteiger partial charge is 0.272 e. The number of aromatic nitrogens is 2. The monoisotopic (exact) mass is 340 g/mol. The van der Waals surface area contributed by atoms with Crippen molar-refractivity contribution in [2.24, 2.45) is 5.92 Å². The fourth-order valence-electron chi connectivity index (χ4n) is 3.78. The second kappa shape index (κ2) is 6.61. The third kappa shape index (κ3) is 3.32. The second-order valence-electron chi connectivity index (χ2n) is 7.27. The van der Waals surface area contributed by atoms with E-state index in [1.54, 1.807) is 0 Å². The van der Waals surface area contributed by atoms with Crippen LogP contribution in [0.4, 0.5) is 0 Å². The number of aromatic amines is 1. The summed E-state index contributed by atoms with van der Waals surface area (Å²) in [6.07, 6.45) is 0. The van der Waals surface area contributed by atoms with Crippen molar-refractivity contribution >= 4 is 5.91 Å². The zero-order valence-electron chi connectivity index (χ0n) is 14.7. The molecule has 1 amide bonds. The van der Waals surface area contributed by atoms with E-state index in [9.17, 15) is 4.79 Å². The Hall–Kier alpha value is -2.18. The van der Waals surface area contributed by atoms with E-state index in [-0.39, 0.29) is 11.9 Å². The summed E-state index contributed by atoms with van der Waals surface area (Å²) in [5.74, 6) is 0.377. The molecule has 0 radical (unpaired) electrons. The number of fused-ring (bicyclic) bond motifs is 3. The normalized spacial score (nSPS) is 24.2. The highest BCUT2D eigenvalue weighted by molar-refractivity contribution is 5.93. The number of nitrogens with one attached hydrogen (secondary N) is 1. The molecule has 2 aliphatic rings. The van der Waals surface area contributed by atoms with Gasteiger partial charge in [-0.2, -0.15) is 5.10 Å². The van der Waals surface area contributed by atoms with Gasteiger partial charge in [-0.05, 0) is 20.0 Å². The first-order valence-electron chi connectivity index (χ1n) is 8.80. The SMILES string of the molecule is Cc1ccc(-c2cc(C(=O)N3C[C@H]4COC[C@@H]3CN(C)C4)[nH]n2)cc1. The van der Waals surface area contributed by atoms with Crippen LogP contribution in [-0.4, -0.2) is 71.8 Å². The molecule has 2 atom stereocenters. The Balaban J connectivity index is 1.57. The lowest BCUT2D eigenvalue weighted by atomic mass is 10.1. The maximum atomic E-state index is 13.1. The van der Waals surface area contributed by atoms with Crippen molar-refractivity contribution in [3.8, 4) is 11.3 Å². The van der Waals surface area contributed by atoms with Gasteiger partial charge in [0.05, 0.1) is 24.9 Å². The van der Waals surface area contributed by atoms with Crippen molar-refractivity contribution < 1.29 is 9.53 Å². The van der Waals surface area contributed by atoms with Gasteiger partial charge in [-0.1, -0.05) is 29.8 Å². The van der Waals surface area contributed by atoms with Gasteiger partial charge in [0.15, 0.2) is 0 Å². The molecule has 0 saturated carbocycles. The number of ether oxygens (including phenoxy) is 1. The standard InChI is InChI=1S/C19H24N4O2/c1-13-3-5-15(6-4-13)17-7-18(21-20-17)19(24)23-9-14-8-22(2)10-16(23)12-25-11-14/h3-7,14,16H,8-12H2,1-2H3,(H,20,21)/t14-,16-/m0/s1. The number of carbonyl (C=O) groups is 1. The lowest BCUT2D eigenvalue weighted by Crippen LogP contribution is -2.46. The lowest BCUT2D eigenvalue weighted by Gasteiger charge is -2.29. The van der Waals surface area contributed by atoms with E-state index in [0.29, 0.717) is 18.2 Å². The van der Waals surface area contributed by atoms with E-state index in [2.05, 4.69) is 41.2 Å². The summed E-state index contributed by atoms with van der Waals surface area (Å²) in [5.41, 5.74) is 3.57. The fourth-order valence-corrected chi connectivity index (χ4v) is 3.78. The summed E-state index contributed by atoms with van der Waals surface area (Å²) in [6, 6.07) is 10.1. The number of carbonyl (C=O) groups excluding carboxylic acids is 1. The Labute approximate surface area is 147 Å². The number of H-pyrrole nitrogens is 1. The molecule has 6 heteroatoms. The number of nitrogens with zero attached hydrogens (tertiary/aromatic N) is 3. The van der Waals surface area contributed by atoms with Crippen molar-refractivity contribution in [1.82, 2.24) is 20.0 Å². The Kier molecular flexibility index (Phi) is 4.31. The molecule has 2 saturated heterocycles. The highest BCUT2D eigenvalue weighted by Gasteiger charge is 2.35. The van der Waals surface area contributed by atoms with Gasteiger partial charge in [0, 0.05) is 31.1 Å². The Morgan fingerprint density at radius 1 is 1.20 bits per heavy atom. The molecule has 2 bridgehead atoms. The van der Waals surface area contributed by atoms with Crippen LogP contribution in [0, 0.1) is 12.8 Å². The van der Waals surface area contributed by atoms with E-state index in [1.807, 2.05) is 23.1 Å².